The van der Waals surface area contributed by atoms with E-state index in [0.29, 0.717) is 12.5 Å². The summed E-state index contributed by atoms with van der Waals surface area (Å²) in [6, 6.07) is 9.67. The molecule has 1 aromatic carbocycles. The molecular formula is C19H23N7O. The monoisotopic (exact) mass is 365 g/mol. The van der Waals surface area contributed by atoms with Crippen molar-refractivity contribution < 1.29 is 4.79 Å². The van der Waals surface area contributed by atoms with Crippen molar-refractivity contribution in [1.82, 2.24) is 34.9 Å². The van der Waals surface area contributed by atoms with Crippen LogP contribution < -0.4 is 0 Å². The molecule has 140 valence electrons. The van der Waals surface area contributed by atoms with Crippen LogP contribution in [0.4, 0.5) is 0 Å². The lowest BCUT2D eigenvalue weighted by Gasteiger charge is -2.32. The molecule has 27 heavy (non-hydrogen) atoms. The van der Waals surface area contributed by atoms with Crippen molar-refractivity contribution in [2.24, 2.45) is 5.92 Å². The molecule has 0 radical (unpaired) electrons. The normalized spacial score (nSPS) is 15.2. The molecule has 0 spiro atoms. The second-order valence-corrected chi connectivity index (χ2v) is 7.00. The van der Waals surface area contributed by atoms with Gasteiger partial charge in [0.15, 0.2) is 0 Å². The van der Waals surface area contributed by atoms with Crippen LogP contribution in [0.15, 0.2) is 49.1 Å². The summed E-state index contributed by atoms with van der Waals surface area (Å²) in [5.74, 6) is 0.784. The first kappa shape index (κ1) is 17.4. The molecule has 1 aliphatic rings. The van der Waals surface area contributed by atoms with E-state index >= 15 is 0 Å². The number of aryl methyl sites for hydroxylation is 1. The van der Waals surface area contributed by atoms with E-state index in [4.69, 9.17) is 0 Å². The van der Waals surface area contributed by atoms with Crippen LogP contribution in [0.5, 0.6) is 0 Å². The number of likely N-dealkylation sites (tertiary alicyclic amines) is 1. The quantitative estimate of drug-likeness (QED) is 0.666. The van der Waals surface area contributed by atoms with Crippen LogP contribution >= 0.6 is 0 Å². The number of piperidine rings is 1. The van der Waals surface area contributed by atoms with Gasteiger partial charge in [-0.15, -0.1) is 5.10 Å². The summed E-state index contributed by atoms with van der Waals surface area (Å²) in [5.41, 5.74) is 1.81. The Morgan fingerprint density at radius 1 is 1.11 bits per heavy atom. The molecule has 1 fully saturated rings. The maximum Gasteiger partial charge on any atom is 0.253 e. The maximum absolute atomic E-state index is 12.8. The Kier molecular flexibility index (Phi) is 5.22. The first-order chi connectivity index (χ1) is 13.3. The van der Waals surface area contributed by atoms with Crippen molar-refractivity contribution in [2.75, 3.05) is 13.1 Å². The van der Waals surface area contributed by atoms with Crippen LogP contribution in [-0.2, 0) is 13.1 Å². The predicted molar refractivity (Wildman–Crippen MR) is 98.8 cm³/mol. The van der Waals surface area contributed by atoms with Crippen molar-refractivity contribution in [3.05, 3.63) is 60.2 Å². The number of hydrogen-bond donors (Lipinski definition) is 0. The van der Waals surface area contributed by atoms with Gasteiger partial charge < -0.3 is 4.90 Å². The smallest absolute Gasteiger partial charge is 0.253 e. The van der Waals surface area contributed by atoms with Gasteiger partial charge in [0.05, 0.1) is 6.54 Å². The van der Waals surface area contributed by atoms with Crippen molar-refractivity contribution in [3.8, 4) is 0 Å². The van der Waals surface area contributed by atoms with Gasteiger partial charge in [-0.1, -0.05) is 12.1 Å². The molecule has 3 heterocycles. The molecule has 0 bridgehead atoms. The second-order valence-electron chi connectivity index (χ2n) is 7.00. The summed E-state index contributed by atoms with van der Waals surface area (Å²) in [6.45, 7) is 3.21. The maximum atomic E-state index is 12.8. The minimum absolute atomic E-state index is 0.120. The minimum Gasteiger partial charge on any atom is -0.339 e. The van der Waals surface area contributed by atoms with Crippen molar-refractivity contribution in [3.63, 3.8) is 0 Å². The number of benzene rings is 1. The molecule has 0 N–H and O–H groups in total. The largest absolute Gasteiger partial charge is 0.339 e. The molecule has 0 unspecified atom stereocenters. The fourth-order valence-electron chi connectivity index (χ4n) is 3.55. The van der Waals surface area contributed by atoms with Crippen molar-refractivity contribution >= 4 is 5.91 Å². The zero-order valence-electron chi connectivity index (χ0n) is 15.2. The number of nitrogens with zero attached hydrogens (tertiary/aromatic N) is 7. The third-order valence-corrected chi connectivity index (χ3v) is 5.16. The van der Waals surface area contributed by atoms with Gasteiger partial charge in [-0.2, -0.15) is 5.10 Å². The fourth-order valence-corrected chi connectivity index (χ4v) is 3.55. The fraction of sp³-hybridized carbons (Fsp3) is 0.421. The molecule has 0 aliphatic carbocycles. The van der Waals surface area contributed by atoms with Crippen LogP contribution in [-0.4, -0.2) is 53.9 Å². The van der Waals surface area contributed by atoms with Gasteiger partial charge in [-0.25, -0.2) is 4.68 Å². The summed E-state index contributed by atoms with van der Waals surface area (Å²) in [7, 11) is 0. The van der Waals surface area contributed by atoms with Gasteiger partial charge in [0, 0.05) is 37.6 Å². The van der Waals surface area contributed by atoms with E-state index in [1.807, 2.05) is 52.3 Å². The number of tetrazole rings is 1. The molecule has 3 aromatic rings. The lowest BCUT2D eigenvalue weighted by molar-refractivity contribution is 0.0684. The Morgan fingerprint density at radius 3 is 2.59 bits per heavy atom. The van der Waals surface area contributed by atoms with E-state index in [2.05, 4.69) is 20.6 Å². The molecule has 4 rings (SSSR count). The SMILES string of the molecule is O=C(c1ccc(Cn2cnnn2)cc1)N1CCC(CCn2cccn2)CC1. The Balaban J connectivity index is 1.27. The van der Waals surface area contributed by atoms with Gasteiger partial charge in [-0.05, 0) is 59.4 Å². The summed E-state index contributed by atoms with van der Waals surface area (Å²) >= 11 is 0. The number of rotatable bonds is 6. The minimum atomic E-state index is 0.120. The van der Waals surface area contributed by atoms with E-state index < -0.39 is 0 Å². The van der Waals surface area contributed by atoms with Crippen LogP contribution in [0.1, 0.15) is 35.2 Å². The summed E-state index contributed by atoms with van der Waals surface area (Å²) in [4.78, 5) is 14.7. The van der Waals surface area contributed by atoms with Crippen molar-refractivity contribution in [1.29, 1.82) is 0 Å². The highest BCUT2D eigenvalue weighted by molar-refractivity contribution is 5.94. The highest BCUT2D eigenvalue weighted by Crippen LogP contribution is 2.22. The first-order valence-corrected chi connectivity index (χ1v) is 9.34. The third kappa shape index (κ3) is 4.39. The lowest BCUT2D eigenvalue weighted by atomic mass is 9.93. The Morgan fingerprint density at radius 2 is 1.93 bits per heavy atom. The molecule has 1 saturated heterocycles. The topological polar surface area (TPSA) is 81.7 Å². The van der Waals surface area contributed by atoms with Gasteiger partial charge in [0.25, 0.3) is 5.91 Å². The Hall–Kier alpha value is -3.03. The Bertz CT molecular complexity index is 835. The highest BCUT2D eigenvalue weighted by Gasteiger charge is 2.23. The Labute approximate surface area is 157 Å². The van der Waals surface area contributed by atoms with Crippen LogP contribution in [0.2, 0.25) is 0 Å². The molecule has 2 aromatic heterocycles. The van der Waals surface area contributed by atoms with E-state index in [9.17, 15) is 4.79 Å². The van der Waals surface area contributed by atoms with Gasteiger partial charge in [0.1, 0.15) is 6.33 Å². The number of hydrogen-bond acceptors (Lipinski definition) is 5. The van der Waals surface area contributed by atoms with E-state index in [1.54, 1.807) is 11.0 Å². The van der Waals surface area contributed by atoms with Gasteiger partial charge in [0.2, 0.25) is 0 Å². The molecule has 1 amide bonds. The van der Waals surface area contributed by atoms with Crippen LogP contribution in [0, 0.1) is 5.92 Å². The van der Waals surface area contributed by atoms with Crippen LogP contribution in [0.3, 0.4) is 0 Å². The number of carbonyl (C=O) groups is 1. The second kappa shape index (κ2) is 8.11. The number of aromatic nitrogens is 6. The predicted octanol–water partition coefficient (Wildman–Crippen LogP) is 1.86. The van der Waals surface area contributed by atoms with Crippen molar-refractivity contribution in [2.45, 2.75) is 32.4 Å². The highest BCUT2D eigenvalue weighted by atomic mass is 16.2. The number of carbonyl (C=O) groups excluding carboxylic acids is 1. The average molecular weight is 365 g/mol. The van der Waals surface area contributed by atoms with Crippen LogP contribution in [0.25, 0.3) is 0 Å². The summed E-state index contributed by atoms with van der Waals surface area (Å²) in [5, 5.41) is 15.4. The van der Waals surface area contributed by atoms with E-state index in [1.165, 1.54) is 0 Å². The zero-order valence-corrected chi connectivity index (χ0v) is 15.2. The van der Waals surface area contributed by atoms with Gasteiger partial charge >= 0.3 is 0 Å². The lowest BCUT2D eigenvalue weighted by Crippen LogP contribution is -2.38. The van der Waals surface area contributed by atoms with E-state index in [0.717, 1.165) is 50.0 Å². The summed E-state index contributed by atoms with van der Waals surface area (Å²) in [6.07, 6.45) is 8.64. The molecule has 0 saturated carbocycles. The standard InChI is InChI=1S/C19H23N7O/c27-19(18-4-2-17(3-5-18)14-26-15-20-22-23-26)24-11-6-16(7-12-24)8-13-25-10-1-9-21-25/h1-5,9-10,15-16H,6-8,11-14H2. The zero-order chi connectivity index (χ0) is 18.5. The molecule has 1 aliphatic heterocycles. The van der Waals surface area contributed by atoms with E-state index in [-0.39, 0.29) is 5.91 Å². The third-order valence-electron chi connectivity index (χ3n) is 5.16. The molecule has 0 atom stereocenters. The number of amides is 1. The molecule has 8 nitrogen and oxygen atoms in total. The summed E-state index contributed by atoms with van der Waals surface area (Å²) < 4.78 is 3.64. The van der Waals surface area contributed by atoms with Gasteiger partial charge in [-0.3, -0.25) is 9.48 Å². The average Bonchev–Trinajstić information content (AvgIpc) is 3.41. The molecule has 8 heteroatoms. The first-order valence-electron chi connectivity index (χ1n) is 9.34. The molecular weight excluding hydrogens is 342 g/mol.